The van der Waals surface area contributed by atoms with Gasteiger partial charge in [-0.3, -0.25) is 4.79 Å². The molecule has 1 aliphatic carbocycles. The Bertz CT molecular complexity index is 436. The van der Waals surface area contributed by atoms with Gasteiger partial charge in [-0.2, -0.15) is 0 Å². The standard InChI is InChI=1S/C14H20N2O3/c1-19-7-6-15-9-13(18)16-14-11-5-3-2-4-10(11)8-12(14)17/h2-5,12,14-15,17H,6-9H2,1H3,(H,16,18)/t12-,14+/m0/s1. The zero-order chi connectivity index (χ0) is 13.7. The Labute approximate surface area is 113 Å². The molecule has 1 aromatic rings. The van der Waals surface area contributed by atoms with Crippen LogP contribution in [0.15, 0.2) is 24.3 Å². The summed E-state index contributed by atoms with van der Waals surface area (Å²) in [5, 5.41) is 15.9. The van der Waals surface area contributed by atoms with Crippen LogP contribution in [-0.4, -0.2) is 43.9 Å². The lowest BCUT2D eigenvalue weighted by atomic mass is 10.1. The van der Waals surface area contributed by atoms with Crippen LogP contribution in [0.4, 0.5) is 0 Å². The van der Waals surface area contributed by atoms with Crippen molar-refractivity contribution in [2.45, 2.75) is 18.6 Å². The molecule has 5 heteroatoms. The van der Waals surface area contributed by atoms with E-state index < -0.39 is 6.10 Å². The van der Waals surface area contributed by atoms with E-state index in [1.807, 2.05) is 24.3 Å². The lowest BCUT2D eigenvalue weighted by Gasteiger charge is -2.18. The molecule has 0 saturated carbocycles. The van der Waals surface area contributed by atoms with E-state index in [4.69, 9.17) is 4.74 Å². The Morgan fingerprint density at radius 3 is 3.05 bits per heavy atom. The summed E-state index contributed by atoms with van der Waals surface area (Å²) in [4.78, 5) is 11.8. The third-order valence-corrected chi connectivity index (χ3v) is 3.29. The molecule has 19 heavy (non-hydrogen) atoms. The number of hydrogen-bond acceptors (Lipinski definition) is 4. The van der Waals surface area contributed by atoms with Crippen molar-refractivity contribution in [3.63, 3.8) is 0 Å². The third kappa shape index (κ3) is 3.53. The summed E-state index contributed by atoms with van der Waals surface area (Å²) in [5.41, 5.74) is 2.12. The maximum Gasteiger partial charge on any atom is 0.234 e. The highest BCUT2D eigenvalue weighted by Gasteiger charge is 2.31. The Kier molecular flexibility index (Phi) is 4.90. The number of benzene rings is 1. The molecule has 0 unspecified atom stereocenters. The van der Waals surface area contributed by atoms with Crippen molar-refractivity contribution in [2.75, 3.05) is 26.8 Å². The number of nitrogens with one attached hydrogen (secondary N) is 2. The van der Waals surface area contributed by atoms with Gasteiger partial charge in [0.25, 0.3) is 0 Å². The third-order valence-electron chi connectivity index (χ3n) is 3.29. The predicted octanol–water partition coefficient (Wildman–Crippen LogP) is -0.00310. The maximum atomic E-state index is 11.8. The topological polar surface area (TPSA) is 70.6 Å². The quantitative estimate of drug-likeness (QED) is 0.632. The predicted molar refractivity (Wildman–Crippen MR) is 71.8 cm³/mol. The zero-order valence-electron chi connectivity index (χ0n) is 11.1. The van der Waals surface area contributed by atoms with E-state index >= 15 is 0 Å². The van der Waals surface area contributed by atoms with E-state index in [0.29, 0.717) is 19.6 Å². The molecule has 0 aliphatic heterocycles. The van der Waals surface area contributed by atoms with Gasteiger partial charge in [-0.15, -0.1) is 0 Å². The number of methoxy groups -OCH3 is 1. The van der Waals surface area contributed by atoms with Crippen LogP contribution >= 0.6 is 0 Å². The summed E-state index contributed by atoms with van der Waals surface area (Å²) in [6, 6.07) is 7.51. The van der Waals surface area contributed by atoms with Crippen LogP contribution in [0.5, 0.6) is 0 Å². The molecular formula is C14H20N2O3. The average molecular weight is 264 g/mol. The van der Waals surface area contributed by atoms with Gasteiger partial charge in [0.05, 0.1) is 25.3 Å². The summed E-state index contributed by atoms with van der Waals surface area (Å²) in [6.45, 7) is 1.44. The van der Waals surface area contributed by atoms with Gasteiger partial charge in [-0.05, 0) is 11.1 Å². The van der Waals surface area contributed by atoms with Crippen LogP contribution in [0.2, 0.25) is 0 Å². The Morgan fingerprint density at radius 2 is 2.26 bits per heavy atom. The van der Waals surface area contributed by atoms with Crippen LogP contribution in [0, 0.1) is 0 Å². The van der Waals surface area contributed by atoms with Crippen molar-refractivity contribution in [3.8, 4) is 0 Å². The van der Waals surface area contributed by atoms with Crippen LogP contribution in [0.3, 0.4) is 0 Å². The second-order valence-electron chi connectivity index (χ2n) is 4.69. The lowest BCUT2D eigenvalue weighted by Crippen LogP contribution is -2.40. The molecule has 1 amide bonds. The van der Waals surface area contributed by atoms with E-state index in [2.05, 4.69) is 10.6 Å². The molecule has 104 valence electrons. The van der Waals surface area contributed by atoms with Gasteiger partial charge in [-0.25, -0.2) is 0 Å². The normalized spacial score (nSPS) is 21.2. The molecule has 0 heterocycles. The van der Waals surface area contributed by atoms with E-state index in [9.17, 15) is 9.90 Å². The zero-order valence-corrected chi connectivity index (χ0v) is 11.1. The largest absolute Gasteiger partial charge is 0.390 e. The van der Waals surface area contributed by atoms with E-state index in [1.54, 1.807) is 7.11 Å². The van der Waals surface area contributed by atoms with Gasteiger partial charge in [0, 0.05) is 20.1 Å². The minimum Gasteiger partial charge on any atom is -0.390 e. The Balaban J connectivity index is 1.87. The molecule has 3 N–H and O–H groups in total. The molecular weight excluding hydrogens is 244 g/mol. The van der Waals surface area contributed by atoms with E-state index in [1.165, 1.54) is 0 Å². The molecule has 0 aromatic heterocycles. The number of aliphatic hydroxyl groups is 1. The number of carbonyl (C=O) groups excluding carboxylic acids is 1. The highest BCUT2D eigenvalue weighted by Crippen LogP contribution is 2.30. The number of rotatable bonds is 6. The molecule has 0 radical (unpaired) electrons. The minimum atomic E-state index is -0.541. The number of aliphatic hydroxyl groups excluding tert-OH is 1. The number of carbonyl (C=O) groups is 1. The van der Waals surface area contributed by atoms with Gasteiger partial charge in [0.15, 0.2) is 0 Å². The fourth-order valence-electron chi connectivity index (χ4n) is 2.35. The molecule has 0 spiro atoms. The second kappa shape index (κ2) is 6.65. The first-order chi connectivity index (χ1) is 9.22. The number of hydrogen-bond donors (Lipinski definition) is 3. The van der Waals surface area contributed by atoms with Gasteiger partial charge < -0.3 is 20.5 Å². The summed E-state index contributed by atoms with van der Waals surface area (Å²) in [7, 11) is 1.62. The molecule has 2 atom stereocenters. The van der Waals surface area contributed by atoms with Crippen molar-refractivity contribution in [1.82, 2.24) is 10.6 Å². The van der Waals surface area contributed by atoms with E-state index in [0.717, 1.165) is 11.1 Å². The van der Waals surface area contributed by atoms with Crippen molar-refractivity contribution >= 4 is 5.91 Å². The molecule has 2 rings (SSSR count). The number of ether oxygens (including phenoxy) is 1. The lowest BCUT2D eigenvalue weighted by molar-refractivity contribution is -0.121. The monoisotopic (exact) mass is 264 g/mol. The molecule has 1 aliphatic rings. The fourth-order valence-corrected chi connectivity index (χ4v) is 2.35. The van der Waals surface area contributed by atoms with E-state index in [-0.39, 0.29) is 18.5 Å². The summed E-state index contributed by atoms with van der Waals surface area (Å²) >= 11 is 0. The first kappa shape index (κ1) is 14.0. The smallest absolute Gasteiger partial charge is 0.234 e. The summed E-state index contributed by atoms with van der Waals surface area (Å²) in [5.74, 6) is -0.114. The highest BCUT2D eigenvalue weighted by molar-refractivity contribution is 5.78. The summed E-state index contributed by atoms with van der Waals surface area (Å²) < 4.78 is 4.89. The van der Waals surface area contributed by atoms with Crippen molar-refractivity contribution in [2.24, 2.45) is 0 Å². The number of amides is 1. The van der Waals surface area contributed by atoms with Crippen LogP contribution in [0.25, 0.3) is 0 Å². The van der Waals surface area contributed by atoms with Crippen molar-refractivity contribution in [3.05, 3.63) is 35.4 Å². The van der Waals surface area contributed by atoms with Crippen molar-refractivity contribution < 1.29 is 14.6 Å². The molecule has 0 fully saturated rings. The second-order valence-corrected chi connectivity index (χ2v) is 4.69. The van der Waals surface area contributed by atoms with Crippen LogP contribution in [0.1, 0.15) is 17.2 Å². The molecule has 5 nitrogen and oxygen atoms in total. The van der Waals surface area contributed by atoms with Gasteiger partial charge in [-0.1, -0.05) is 24.3 Å². The highest BCUT2D eigenvalue weighted by atomic mass is 16.5. The minimum absolute atomic E-state index is 0.114. The number of fused-ring (bicyclic) bond motifs is 1. The maximum absolute atomic E-state index is 11.8. The first-order valence-corrected chi connectivity index (χ1v) is 6.47. The van der Waals surface area contributed by atoms with Gasteiger partial charge in [0.2, 0.25) is 5.91 Å². The fraction of sp³-hybridized carbons (Fsp3) is 0.500. The molecule has 0 bridgehead atoms. The van der Waals surface area contributed by atoms with Gasteiger partial charge >= 0.3 is 0 Å². The van der Waals surface area contributed by atoms with Crippen LogP contribution < -0.4 is 10.6 Å². The van der Waals surface area contributed by atoms with Gasteiger partial charge in [0.1, 0.15) is 0 Å². The average Bonchev–Trinajstić information content (AvgIpc) is 2.72. The Hall–Kier alpha value is -1.43. The van der Waals surface area contributed by atoms with Crippen molar-refractivity contribution in [1.29, 1.82) is 0 Å². The summed E-state index contributed by atoms with van der Waals surface area (Å²) in [6.07, 6.45) is 0.0541. The Morgan fingerprint density at radius 1 is 1.47 bits per heavy atom. The van der Waals surface area contributed by atoms with Crippen LogP contribution in [-0.2, 0) is 16.0 Å². The first-order valence-electron chi connectivity index (χ1n) is 6.47. The SMILES string of the molecule is COCCNCC(=O)N[C@@H]1c2ccccc2C[C@@H]1O. The molecule has 1 aromatic carbocycles. The molecule has 0 saturated heterocycles.